The molecule has 2 heterocycles. The van der Waals surface area contributed by atoms with Crippen LogP contribution in [0.1, 0.15) is 5.69 Å². The van der Waals surface area contributed by atoms with Crippen molar-refractivity contribution < 1.29 is 4.74 Å². The topological polar surface area (TPSA) is 72.8 Å². The zero-order valence-electron chi connectivity index (χ0n) is 12.2. The lowest BCUT2D eigenvalue weighted by atomic mass is 10.1. The number of hydrogen-bond acceptors (Lipinski definition) is 8. The average molecular weight is 333 g/mol. The van der Waals surface area contributed by atoms with Gasteiger partial charge in [0, 0.05) is 24.4 Å². The number of anilines is 1. The quantitative estimate of drug-likeness (QED) is 0.695. The van der Waals surface area contributed by atoms with Gasteiger partial charge in [0.15, 0.2) is 4.34 Å². The summed E-state index contributed by atoms with van der Waals surface area (Å²) in [6.45, 7) is 3.31. The zero-order valence-corrected chi connectivity index (χ0v) is 13.9. The minimum Gasteiger partial charge on any atom is -0.383 e. The number of aromatic nitrogens is 4. The van der Waals surface area contributed by atoms with Gasteiger partial charge in [-0.25, -0.2) is 0 Å². The summed E-state index contributed by atoms with van der Waals surface area (Å²) < 4.78 is 5.83. The number of ether oxygens (including phenoxy) is 1. The van der Waals surface area contributed by atoms with Crippen LogP contribution in [0.3, 0.4) is 0 Å². The highest BCUT2D eigenvalue weighted by Gasteiger charge is 2.11. The Labute approximate surface area is 136 Å². The number of aryl methyl sites for hydroxylation is 1. The third-order valence-electron chi connectivity index (χ3n) is 3.01. The van der Waals surface area contributed by atoms with Gasteiger partial charge in [-0.15, -0.1) is 15.3 Å². The Morgan fingerprint density at radius 1 is 1.14 bits per heavy atom. The van der Waals surface area contributed by atoms with Crippen molar-refractivity contribution in [1.29, 1.82) is 0 Å². The second-order valence-corrected chi connectivity index (χ2v) is 6.74. The van der Waals surface area contributed by atoms with Gasteiger partial charge < -0.3 is 10.1 Å². The standard InChI is InChI=1S/C14H15N5OS2/c1-9-10-5-3-4-6-11(10)12(17-16-9)21-14-19-18-13(22-14)15-7-8-20-2/h3-6H,7-8H2,1-2H3,(H,15,18). The highest BCUT2D eigenvalue weighted by molar-refractivity contribution is 8.01. The molecule has 8 heteroatoms. The summed E-state index contributed by atoms with van der Waals surface area (Å²) in [6, 6.07) is 8.12. The van der Waals surface area contributed by atoms with E-state index in [4.69, 9.17) is 4.74 Å². The molecular weight excluding hydrogens is 318 g/mol. The van der Waals surface area contributed by atoms with Gasteiger partial charge in [0.05, 0.1) is 12.3 Å². The van der Waals surface area contributed by atoms with Crippen molar-refractivity contribution >= 4 is 39.0 Å². The highest BCUT2D eigenvalue weighted by Crippen LogP contribution is 2.34. The lowest BCUT2D eigenvalue weighted by Crippen LogP contribution is -2.06. The Kier molecular flexibility index (Phi) is 4.81. The van der Waals surface area contributed by atoms with Crippen LogP contribution in [-0.2, 0) is 4.74 Å². The fourth-order valence-electron chi connectivity index (χ4n) is 1.95. The van der Waals surface area contributed by atoms with Crippen LogP contribution in [0.25, 0.3) is 10.8 Å². The van der Waals surface area contributed by atoms with Crippen LogP contribution in [0.2, 0.25) is 0 Å². The molecule has 0 amide bonds. The number of fused-ring (bicyclic) bond motifs is 1. The van der Waals surface area contributed by atoms with Crippen molar-refractivity contribution in [3.63, 3.8) is 0 Å². The molecule has 3 aromatic rings. The molecule has 0 saturated carbocycles. The summed E-state index contributed by atoms with van der Waals surface area (Å²) in [4.78, 5) is 0. The maximum Gasteiger partial charge on any atom is 0.206 e. The van der Waals surface area contributed by atoms with Gasteiger partial charge in [-0.2, -0.15) is 5.10 Å². The first-order chi connectivity index (χ1) is 10.8. The van der Waals surface area contributed by atoms with E-state index in [9.17, 15) is 0 Å². The number of nitrogens with one attached hydrogen (secondary N) is 1. The third-order valence-corrected chi connectivity index (χ3v) is 4.94. The van der Waals surface area contributed by atoms with Gasteiger partial charge in [0.1, 0.15) is 5.03 Å². The molecule has 0 unspecified atom stereocenters. The number of rotatable bonds is 6. The van der Waals surface area contributed by atoms with Gasteiger partial charge in [-0.3, -0.25) is 0 Å². The molecule has 0 spiro atoms. The number of nitrogens with zero attached hydrogens (tertiary/aromatic N) is 4. The summed E-state index contributed by atoms with van der Waals surface area (Å²) in [7, 11) is 1.67. The normalized spacial score (nSPS) is 11.0. The predicted octanol–water partition coefficient (Wildman–Crippen LogP) is 3.00. The fourth-order valence-corrected chi connectivity index (χ4v) is 3.71. The fraction of sp³-hybridized carbons (Fsp3) is 0.286. The molecule has 0 atom stereocenters. The molecular formula is C14H15N5OS2. The molecule has 0 aliphatic heterocycles. The second-order valence-electron chi connectivity index (χ2n) is 4.53. The first kappa shape index (κ1) is 15.1. The van der Waals surface area contributed by atoms with Crippen molar-refractivity contribution in [3.05, 3.63) is 30.0 Å². The molecule has 0 fully saturated rings. The predicted molar refractivity (Wildman–Crippen MR) is 88.7 cm³/mol. The van der Waals surface area contributed by atoms with Crippen LogP contribution in [0.4, 0.5) is 5.13 Å². The van der Waals surface area contributed by atoms with E-state index in [1.807, 2.05) is 19.1 Å². The average Bonchev–Trinajstić information content (AvgIpc) is 2.98. The zero-order chi connectivity index (χ0) is 15.4. The summed E-state index contributed by atoms with van der Waals surface area (Å²) in [6.07, 6.45) is 0. The molecule has 1 aromatic carbocycles. The Morgan fingerprint density at radius 2 is 1.95 bits per heavy atom. The van der Waals surface area contributed by atoms with Crippen molar-refractivity contribution in [3.8, 4) is 0 Å². The first-order valence-corrected chi connectivity index (χ1v) is 8.37. The highest BCUT2D eigenvalue weighted by atomic mass is 32.2. The molecule has 0 aliphatic rings. The summed E-state index contributed by atoms with van der Waals surface area (Å²) >= 11 is 2.98. The van der Waals surface area contributed by atoms with E-state index in [0.29, 0.717) is 13.2 Å². The molecule has 0 bridgehead atoms. The van der Waals surface area contributed by atoms with E-state index in [1.54, 1.807) is 7.11 Å². The number of methoxy groups -OCH3 is 1. The molecule has 114 valence electrons. The van der Waals surface area contributed by atoms with Crippen molar-refractivity contribution in [2.45, 2.75) is 16.3 Å². The van der Waals surface area contributed by atoms with Crippen LogP contribution in [0.15, 0.2) is 33.6 Å². The lowest BCUT2D eigenvalue weighted by Gasteiger charge is -2.04. The number of hydrogen-bond donors (Lipinski definition) is 1. The van der Waals surface area contributed by atoms with Crippen LogP contribution in [0, 0.1) is 6.92 Å². The van der Waals surface area contributed by atoms with E-state index < -0.39 is 0 Å². The number of benzene rings is 1. The summed E-state index contributed by atoms with van der Waals surface area (Å²) in [5.41, 5.74) is 0.930. The second kappa shape index (κ2) is 6.99. The van der Waals surface area contributed by atoms with Gasteiger partial charge in [0.2, 0.25) is 5.13 Å². The van der Waals surface area contributed by atoms with E-state index >= 15 is 0 Å². The minimum atomic E-state index is 0.635. The monoisotopic (exact) mass is 333 g/mol. The molecule has 2 aromatic heterocycles. The Balaban J connectivity index is 1.80. The molecule has 0 saturated heterocycles. The molecule has 1 N–H and O–H groups in total. The largest absolute Gasteiger partial charge is 0.383 e. The SMILES string of the molecule is COCCNc1nnc(Sc2nnc(C)c3ccccc23)s1. The van der Waals surface area contributed by atoms with Crippen LogP contribution in [0.5, 0.6) is 0 Å². The van der Waals surface area contributed by atoms with Gasteiger partial charge >= 0.3 is 0 Å². The van der Waals surface area contributed by atoms with Gasteiger partial charge in [-0.1, -0.05) is 35.6 Å². The van der Waals surface area contributed by atoms with Gasteiger partial charge in [0.25, 0.3) is 0 Å². The summed E-state index contributed by atoms with van der Waals surface area (Å²) in [5, 5.41) is 23.8. The van der Waals surface area contributed by atoms with E-state index in [0.717, 1.165) is 31.0 Å². The van der Waals surface area contributed by atoms with Crippen LogP contribution < -0.4 is 5.32 Å². The van der Waals surface area contributed by atoms with E-state index in [1.165, 1.54) is 23.1 Å². The molecule has 3 rings (SSSR count). The third kappa shape index (κ3) is 3.34. The molecule has 0 radical (unpaired) electrons. The van der Waals surface area contributed by atoms with Crippen LogP contribution in [-0.4, -0.2) is 40.7 Å². The molecule has 0 aliphatic carbocycles. The molecule has 22 heavy (non-hydrogen) atoms. The summed E-state index contributed by atoms with van der Waals surface area (Å²) in [5.74, 6) is 0. The van der Waals surface area contributed by atoms with E-state index in [2.05, 4.69) is 37.8 Å². The maximum atomic E-state index is 5.00. The maximum absolute atomic E-state index is 5.00. The first-order valence-electron chi connectivity index (χ1n) is 6.74. The Bertz CT molecular complexity index is 777. The Hall–Kier alpha value is -1.77. The van der Waals surface area contributed by atoms with Crippen molar-refractivity contribution in [1.82, 2.24) is 20.4 Å². The van der Waals surface area contributed by atoms with Gasteiger partial charge in [-0.05, 0) is 18.7 Å². The lowest BCUT2D eigenvalue weighted by molar-refractivity contribution is 0.211. The smallest absolute Gasteiger partial charge is 0.206 e. The van der Waals surface area contributed by atoms with Crippen molar-refractivity contribution in [2.24, 2.45) is 0 Å². The van der Waals surface area contributed by atoms with Crippen LogP contribution >= 0.6 is 23.1 Å². The van der Waals surface area contributed by atoms with Crippen molar-refractivity contribution in [2.75, 3.05) is 25.6 Å². The molecule has 6 nitrogen and oxygen atoms in total. The van der Waals surface area contributed by atoms with E-state index in [-0.39, 0.29) is 0 Å². The minimum absolute atomic E-state index is 0.635. The Morgan fingerprint density at radius 3 is 2.77 bits per heavy atom.